The first-order chi connectivity index (χ1) is 6.27. The van der Waals surface area contributed by atoms with Crippen molar-refractivity contribution in [2.24, 2.45) is 5.10 Å². The van der Waals surface area contributed by atoms with E-state index in [4.69, 9.17) is 0 Å². The Hall–Kier alpha value is -1.75. The number of phenols is 1. The quantitative estimate of drug-likeness (QED) is 0.657. The Morgan fingerprint density at radius 2 is 2.15 bits per heavy atom. The molecule has 0 unspecified atom stereocenters. The lowest BCUT2D eigenvalue weighted by Crippen LogP contribution is -2.37. The number of hydrogen-bond donors (Lipinski definition) is 2. The molecule has 0 saturated carbocycles. The number of anilines is 1. The second-order valence-corrected chi connectivity index (χ2v) is 2.74. The van der Waals surface area contributed by atoms with Gasteiger partial charge in [0.15, 0.2) is 0 Å². The fraction of sp³-hybridized carbons (Fsp3) is 0.125. The molecular weight excluding hydrogens is 168 g/mol. The minimum absolute atomic E-state index is 0.197. The van der Waals surface area contributed by atoms with Crippen LogP contribution in [0.25, 0.3) is 0 Å². The van der Waals surface area contributed by atoms with E-state index in [2.05, 4.69) is 10.6 Å². The van der Waals surface area contributed by atoms with Crippen LogP contribution in [-0.2, 0) is 0 Å². The molecule has 0 amide bonds. The Morgan fingerprint density at radius 3 is 2.77 bits per heavy atom. The van der Waals surface area contributed by atoms with E-state index in [-0.39, 0.29) is 5.75 Å². The topological polar surface area (TPSA) is 51.1 Å². The van der Waals surface area contributed by atoms with Gasteiger partial charge in [-0.1, -0.05) is 12.1 Å². The Morgan fingerprint density at radius 1 is 1.38 bits per heavy atom. The molecule has 68 valence electrons. The molecule has 2 rings (SSSR count). The van der Waals surface area contributed by atoms with Crippen molar-refractivity contribution in [3.63, 3.8) is 0 Å². The van der Waals surface area contributed by atoms with Gasteiger partial charge < -0.3 is 5.11 Å². The van der Waals surface area contributed by atoms with E-state index in [1.165, 1.54) is 5.12 Å². The van der Waals surface area contributed by atoms with Gasteiger partial charge in [-0.2, -0.15) is 5.12 Å². The number of phenolic OH excluding ortho intramolecular Hbond substituents is 1. The molecule has 0 spiro atoms. The first-order valence-corrected chi connectivity index (χ1v) is 3.89. The third kappa shape index (κ3) is 1.41. The second-order valence-electron chi connectivity index (χ2n) is 2.74. The van der Waals surface area contributed by atoms with Crippen LogP contribution in [0.3, 0.4) is 0 Å². The number of hydrazone groups is 1. The molecule has 0 fully saturated rings. The normalized spacial score (nSPS) is 15.5. The summed E-state index contributed by atoms with van der Waals surface area (Å²) in [5.41, 5.74) is 3.52. The molecule has 0 aliphatic carbocycles. The van der Waals surface area contributed by atoms with Crippen LogP contribution in [0.1, 0.15) is 0 Å². The number of rotatable bonds is 1. The van der Waals surface area contributed by atoms with Gasteiger partial charge in [-0.3, -0.25) is 5.01 Å². The zero-order chi connectivity index (χ0) is 9.26. The summed E-state index contributed by atoms with van der Waals surface area (Å²) in [6.45, 7) is 0. The summed E-state index contributed by atoms with van der Waals surface area (Å²) in [5.74, 6) is 0.197. The van der Waals surface area contributed by atoms with Crippen LogP contribution in [0.5, 0.6) is 5.75 Å². The number of para-hydroxylation sites is 2. The van der Waals surface area contributed by atoms with Crippen LogP contribution in [0, 0.1) is 0 Å². The third-order valence-corrected chi connectivity index (χ3v) is 1.70. The average Bonchev–Trinajstić information content (AvgIpc) is 2.53. The molecule has 1 aliphatic rings. The number of hydrazine groups is 2. The van der Waals surface area contributed by atoms with Gasteiger partial charge in [0.05, 0.1) is 0 Å². The first-order valence-electron chi connectivity index (χ1n) is 3.89. The predicted molar refractivity (Wildman–Crippen MR) is 50.0 cm³/mol. The fourth-order valence-corrected chi connectivity index (χ4v) is 1.09. The maximum absolute atomic E-state index is 9.48. The van der Waals surface area contributed by atoms with E-state index in [0.717, 1.165) is 0 Å². The zero-order valence-corrected chi connectivity index (χ0v) is 7.18. The molecule has 0 aromatic heterocycles. The van der Waals surface area contributed by atoms with Gasteiger partial charge in [0.25, 0.3) is 0 Å². The van der Waals surface area contributed by atoms with Crippen molar-refractivity contribution < 1.29 is 5.11 Å². The smallest absolute Gasteiger partial charge is 0.142 e. The molecule has 1 aromatic carbocycles. The number of benzene rings is 1. The lowest BCUT2D eigenvalue weighted by Gasteiger charge is -2.17. The minimum atomic E-state index is 0.197. The highest BCUT2D eigenvalue weighted by Crippen LogP contribution is 2.25. The molecule has 1 aromatic rings. The lowest BCUT2D eigenvalue weighted by atomic mass is 10.3. The van der Waals surface area contributed by atoms with Crippen molar-refractivity contribution in [2.75, 3.05) is 12.2 Å². The number of aromatic hydroxyl groups is 1. The van der Waals surface area contributed by atoms with E-state index in [0.29, 0.717) is 5.69 Å². The van der Waals surface area contributed by atoms with Crippen molar-refractivity contribution in [2.45, 2.75) is 0 Å². The van der Waals surface area contributed by atoms with Gasteiger partial charge in [0.2, 0.25) is 0 Å². The molecule has 5 heteroatoms. The zero-order valence-electron chi connectivity index (χ0n) is 7.18. The Bertz CT molecular complexity index is 339. The van der Waals surface area contributed by atoms with Gasteiger partial charge >= 0.3 is 0 Å². The summed E-state index contributed by atoms with van der Waals surface area (Å²) in [6.07, 6.45) is 1.62. The molecular formula is C8H10N4O. The van der Waals surface area contributed by atoms with Gasteiger partial charge in [0, 0.05) is 7.05 Å². The molecule has 1 heterocycles. The summed E-state index contributed by atoms with van der Waals surface area (Å²) in [7, 11) is 1.82. The van der Waals surface area contributed by atoms with E-state index >= 15 is 0 Å². The monoisotopic (exact) mass is 178 g/mol. The van der Waals surface area contributed by atoms with Crippen LogP contribution >= 0.6 is 0 Å². The standard InChI is InChI=1S/C8H10N4O/c1-11-6-9-12(10-11)7-4-2-3-5-8(7)13/h2-6,10,13H,1H3. The Labute approximate surface area is 75.8 Å². The van der Waals surface area contributed by atoms with Gasteiger partial charge in [-0.15, -0.1) is 10.6 Å². The summed E-state index contributed by atoms with van der Waals surface area (Å²) in [5, 5.41) is 16.7. The highest BCUT2D eigenvalue weighted by atomic mass is 16.3. The summed E-state index contributed by atoms with van der Waals surface area (Å²) >= 11 is 0. The molecule has 0 atom stereocenters. The van der Waals surface area contributed by atoms with Crippen molar-refractivity contribution >= 4 is 12.0 Å². The van der Waals surface area contributed by atoms with Crippen LogP contribution in [0.4, 0.5) is 5.69 Å². The molecule has 0 bridgehead atoms. The lowest BCUT2D eigenvalue weighted by molar-refractivity contribution is 0.391. The third-order valence-electron chi connectivity index (χ3n) is 1.70. The fourth-order valence-electron chi connectivity index (χ4n) is 1.09. The van der Waals surface area contributed by atoms with Crippen molar-refractivity contribution in [1.29, 1.82) is 0 Å². The first kappa shape index (κ1) is 7.88. The van der Waals surface area contributed by atoms with E-state index in [9.17, 15) is 5.11 Å². The summed E-state index contributed by atoms with van der Waals surface area (Å²) in [4.78, 5) is 0. The highest BCUT2D eigenvalue weighted by Gasteiger charge is 2.13. The molecule has 0 saturated heterocycles. The summed E-state index contributed by atoms with van der Waals surface area (Å²) < 4.78 is 0. The Balaban J connectivity index is 2.27. The maximum Gasteiger partial charge on any atom is 0.142 e. The van der Waals surface area contributed by atoms with Crippen LogP contribution in [0.2, 0.25) is 0 Å². The van der Waals surface area contributed by atoms with E-state index in [1.54, 1.807) is 29.5 Å². The van der Waals surface area contributed by atoms with Crippen molar-refractivity contribution in [3.8, 4) is 5.75 Å². The summed E-state index contributed by atoms with van der Waals surface area (Å²) in [6, 6.07) is 7.00. The Kier molecular flexibility index (Phi) is 1.79. The number of nitrogens with zero attached hydrogens (tertiary/aromatic N) is 3. The van der Waals surface area contributed by atoms with Crippen molar-refractivity contribution in [3.05, 3.63) is 24.3 Å². The maximum atomic E-state index is 9.48. The van der Waals surface area contributed by atoms with Gasteiger partial charge in [-0.05, 0) is 12.1 Å². The molecule has 5 nitrogen and oxygen atoms in total. The molecule has 13 heavy (non-hydrogen) atoms. The van der Waals surface area contributed by atoms with Crippen LogP contribution in [0.15, 0.2) is 29.4 Å². The molecule has 1 aliphatic heterocycles. The highest BCUT2D eigenvalue weighted by molar-refractivity contribution is 5.64. The SMILES string of the molecule is CN1C=NN(c2ccccc2O)N1. The molecule has 2 N–H and O–H groups in total. The second kappa shape index (κ2) is 2.95. The molecule has 0 radical (unpaired) electrons. The van der Waals surface area contributed by atoms with E-state index < -0.39 is 0 Å². The van der Waals surface area contributed by atoms with Crippen molar-refractivity contribution in [1.82, 2.24) is 10.5 Å². The number of hydrogen-bond acceptors (Lipinski definition) is 5. The van der Waals surface area contributed by atoms with Crippen LogP contribution < -0.4 is 10.7 Å². The minimum Gasteiger partial charge on any atom is -0.506 e. The predicted octanol–water partition coefficient (Wildman–Crippen LogP) is 0.507. The largest absolute Gasteiger partial charge is 0.506 e. The van der Waals surface area contributed by atoms with Crippen LogP contribution in [-0.4, -0.2) is 23.5 Å². The van der Waals surface area contributed by atoms with Gasteiger partial charge in [-0.25, -0.2) is 0 Å². The van der Waals surface area contributed by atoms with Gasteiger partial charge in [0.1, 0.15) is 17.8 Å². The van der Waals surface area contributed by atoms with E-state index in [1.807, 2.05) is 13.1 Å². The number of nitrogens with one attached hydrogen (secondary N) is 1. The average molecular weight is 178 g/mol.